The van der Waals surface area contributed by atoms with E-state index in [1.807, 2.05) is 12.1 Å². The number of hydrogen-bond donors (Lipinski definition) is 0. The first-order chi connectivity index (χ1) is 8.50. The van der Waals surface area contributed by atoms with E-state index in [2.05, 4.69) is 0 Å². The lowest BCUT2D eigenvalue weighted by Gasteiger charge is -2.38. The highest BCUT2D eigenvalue weighted by Gasteiger charge is 2.33. The van der Waals surface area contributed by atoms with Crippen LogP contribution in [0.3, 0.4) is 0 Å². The van der Waals surface area contributed by atoms with E-state index in [-0.39, 0.29) is 11.8 Å². The van der Waals surface area contributed by atoms with Crippen molar-refractivity contribution in [2.24, 2.45) is 0 Å². The van der Waals surface area contributed by atoms with E-state index in [1.165, 1.54) is 6.92 Å². The van der Waals surface area contributed by atoms with Gasteiger partial charge in [0.05, 0.1) is 0 Å². The molecule has 96 valence electrons. The molecule has 0 spiro atoms. The Kier molecular flexibility index (Phi) is 3.57. The molecule has 18 heavy (non-hydrogen) atoms. The van der Waals surface area contributed by atoms with Gasteiger partial charge in [0.25, 0.3) is 0 Å². The van der Waals surface area contributed by atoms with Gasteiger partial charge in [0.2, 0.25) is 11.8 Å². The van der Waals surface area contributed by atoms with Gasteiger partial charge in [-0.2, -0.15) is 0 Å². The average molecular weight is 267 g/mol. The third-order valence-corrected chi connectivity index (χ3v) is 3.41. The average Bonchev–Trinajstić information content (AvgIpc) is 2.32. The molecule has 0 bridgehead atoms. The topological polar surface area (TPSA) is 40.6 Å². The molecule has 1 aliphatic heterocycles. The molecule has 5 heteroatoms. The summed E-state index contributed by atoms with van der Waals surface area (Å²) in [4.78, 5) is 26.9. The van der Waals surface area contributed by atoms with Gasteiger partial charge >= 0.3 is 0 Å². The van der Waals surface area contributed by atoms with Crippen molar-refractivity contribution in [2.75, 3.05) is 18.0 Å². The smallest absolute Gasteiger partial charge is 0.249 e. The summed E-state index contributed by atoms with van der Waals surface area (Å²) in [6.07, 6.45) is 0. The second-order valence-corrected chi connectivity index (χ2v) is 4.79. The molecule has 0 aliphatic carbocycles. The van der Waals surface area contributed by atoms with E-state index < -0.39 is 6.04 Å². The molecule has 0 saturated carbocycles. The largest absolute Gasteiger partial charge is 0.329 e. The highest BCUT2D eigenvalue weighted by molar-refractivity contribution is 6.30. The number of nitrogens with zero attached hydrogens (tertiary/aromatic N) is 2. The van der Waals surface area contributed by atoms with Gasteiger partial charge in [-0.15, -0.1) is 0 Å². The minimum Gasteiger partial charge on any atom is -0.329 e. The molecule has 0 N–H and O–H groups in total. The first-order valence-corrected chi connectivity index (χ1v) is 6.22. The molecule has 1 aromatic carbocycles. The van der Waals surface area contributed by atoms with Crippen molar-refractivity contribution in [3.8, 4) is 0 Å². The maximum absolute atomic E-state index is 12.2. The predicted octanol–water partition coefficient (Wildman–Crippen LogP) is 1.92. The summed E-state index contributed by atoms with van der Waals surface area (Å²) in [7, 11) is 0. The van der Waals surface area contributed by atoms with Gasteiger partial charge in [-0.1, -0.05) is 17.7 Å². The summed E-state index contributed by atoms with van der Waals surface area (Å²) in [5.74, 6) is -0.139. The number of amides is 2. The Balaban J connectivity index is 2.23. The van der Waals surface area contributed by atoms with Crippen molar-refractivity contribution in [1.82, 2.24) is 4.90 Å². The Hall–Kier alpha value is -1.55. The van der Waals surface area contributed by atoms with Gasteiger partial charge < -0.3 is 9.80 Å². The zero-order valence-electron chi connectivity index (χ0n) is 10.4. The van der Waals surface area contributed by atoms with Crippen LogP contribution >= 0.6 is 11.6 Å². The molecular weight excluding hydrogens is 252 g/mol. The number of piperazine rings is 1. The molecule has 0 aromatic heterocycles. The van der Waals surface area contributed by atoms with Gasteiger partial charge in [-0.25, -0.2) is 0 Å². The van der Waals surface area contributed by atoms with Crippen molar-refractivity contribution in [1.29, 1.82) is 0 Å². The van der Waals surface area contributed by atoms with Crippen molar-refractivity contribution in [3.05, 3.63) is 29.3 Å². The first-order valence-electron chi connectivity index (χ1n) is 5.85. The summed E-state index contributed by atoms with van der Waals surface area (Å²) < 4.78 is 0. The van der Waals surface area contributed by atoms with Gasteiger partial charge in [-0.3, -0.25) is 9.59 Å². The van der Waals surface area contributed by atoms with Crippen LogP contribution in [0.4, 0.5) is 5.69 Å². The lowest BCUT2D eigenvalue weighted by molar-refractivity contribution is -0.139. The molecule has 0 radical (unpaired) electrons. The van der Waals surface area contributed by atoms with Gasteiger partial charge in [0.15, 0.2) is 0 Å². The molecule has 4 nitrogen and oxygen atoms in total. The highest BCUT2D eigenvalue weighted by atomic mass is 35.5. The van der Waals surface area contributed by atoms with E-state index >= 15 is 0 Å². The molecule has 1 heterocycles. The minimum absolute atomic E-state index is 0.0680. The van der Waals surface area contributed by atoms with Crippen LogP contribution in [0.1, 0.15) is 13.8 Å². The van der Waals surface area contributed by atoms with Crippen molar-refractivity contribution in [3.63, 3.8) is 0 Å². The Morgan fingerprint density at radius 1 is 1.39 bits per heavy atom. The number of hydrogen-bond acceptors (Lipinski definition) is 2. The molecule has 0 unspecified atom stereocenters. The standard InChI is InChI=1S/C13H15ClN2O2/c1-9-13(18)16(7-6-15(9)10(2)17)12-5-3-4-11(14)8-12/h3-5,8-9H,6-7H2,1-2H3/t9-/m0/s1. The van der Waals surface area contributed by atoms with Crippen LogP contribution in [0.25, 0.3) is 0 Å². The Morgan fingerprint density at radius 3 is 2.72 bits per heavy atom. The van der Waals surface area contributed by atoms with Crippen LogP contribution in [-0.4, -0.2) is 35.8 Å². The Morgan fingerprint density at radius 2 is 2.11 bits per heavy atom. The maximum atomic E-state index is 12.2. The van der Waals surface area contributed by atoms with Crippen LogP contribution in [0.15, 0.2) is 24.3 Å². The van der Waals surface area contributed by atoms with Crippen molar-refractivity contribution in [2.45, 2.75) is 19.9 Å². The van der Waals surface area contributed by atoms with E-state index in [4.69, 9.17) is 11.6 Å². The predicted molar refractivity (Wildman–Crippen MR) is 70.7 cm³/mol. The fraction of sp³-hybridized carbons (Fsp3) is 0.385. The molecule has 1 aromatic rings. The maximum Gasteiger partial charge on any atom is 0.249 e. The Labute approximate surface area is 111 Å². The fourth-order valence-electron chi connectivity index (χ4n) is 2.20. The lowest BCUT2D eigenvalue weighted by atomic mass is 10.1. The van der Waals surface area contributed by atoms with E-state index in [0.29, 0.717) is 18.1 Å². The number of carbonyl (C=O) groups excluding carboxylic acids is 2. The van der Waals surface area contributed by atoms with Crippen LogP contribution in [0.2, 0.25) is 5.02 Å². The second-order valence-electron chi connectivity index (χ2n) is 4.36. The van der Waals surface area contributed by atoms with Crippen LogP contribution in [0.5, 0.6) is 0 Å². The minimum atomic E-state index is -0.421. The van der Waals surface area contributed by atoms with E-state index in [9.17, 15) is 9.59 Å². The van der Waals surface area contributed by atoms with Crippen LogP contribution < -0.4 is 4.90 Å². The number of rotatable bonds is 1. The molecule has 2 amide bonds. The van der Waals surface area contributed by atoms with Gasteiger partial charge in [-0.05, 0) is 25.1 Å². The van der Waals surface area contributed by atoms with Crippen LogP contribution in [-0.2, 0) is 9.59 Å². The quantitative estimate of drug-likeness (QED) is 0.779. The fourth-order valence-corrected chi connectivity index (χ4v) is 2.39. The number of benzene rings is 1. The molecule has 1 saturated heterocycles. The number of carbonyl (C=O) groups is 2. The summed E-state index contributed by atoms with van der Waals surface area (Å²) in [5.41, 5.74) is 0.780. The summed E-state index contributed by atoms with van der Waals surface area (Å²) in [6, 6.07) is 6.77. The monoisotopic (exact) mass is 266 g/mol. The van der Waals surface area contributed by atoms with Crippen LogP contribution in [0, 0.1) is 0 Å². The second kappa shape index (κ2) is 4.98. The summed E-state index contributed by atoms with van der Waals surface area (Å²) in [5, 5.41) is 0.599. The van der Waals surface area contributed by atoms with Crippen molar-refractivity contribution >= 4 is 29.1 Å². The lowest BCUT2D eigenvalue weighted by Crippen LogP contribution is -2.57. The normalized spacial score (nSPS) is 20.2. The highest BCUT2D eigenvalue weighted by Crippen LogP contribution is 2.23. The summed E-state index contributed by atoms with van der Waals surface area (Å²) in [6.45, 7) is 4.29. The van der Waals surface area contributed by atoms with Gasteiger partial charge in [0, 0.05) is 30.7 Å². The molecule has 2 rings (SSSR count). The zero-order valence-corrected chi connectivity index (χ0v) is 11.1. The first kappa shape index (κ1) is 12.9. The third kappa shape index (κ3) is 2.34. The van der Waals surface area contributed by atoms with E-state index in [0.717, 1.165) is 5.69 Å². The Bertz CT molecular complexity index is 490. The number of halogens is 1. The van der Waals surface area contributed by atoms with E-state index in [1.54, 1.807) is 28.9 Å². The SMILES string of the molecule is CC(=O)N1CCN(c2cccc(Cl)c2)C(=O)[C@@H]1C. The third-order valence-electron chi connectivity index (χ3n) is 3.18. The summed E-state index contributed by atoms with van der Waals surface area (Å²) >= 11 is 5.92. The molecule has 1 atom stereocenters. The molecule has 1 fully saturated rings. The molecule has 1 aliphatic rings. The zero-order chi connectivity index (χ0) is 13.3. The number of anilines is 1. The van der Waals surface area contributed by atoms with Gasteiger partial charge in [0.1, 0.15) is 6.04 Å². The molecular formula is C13H15ClN2O2. The van der Waals surface area contributed by atoms with Crippen molar-refractivity contribution < 1.29 is 9.59 Å².